The normalized spacial score (nSPS) is 10.7. The van der Waals surface area contributed by atoms with Gasteiger partial charge in [0.1, 0.15) is 12.4 Å². The maximum atomic E-state index is 11.6. The Balaban J connectivity index is 1.22. The van der Waals surface area contributed by atoms with E-state index < -0.39 is 0 Å². The zero-order valence-corrected chi connectivity index (χ0v) is 20.8. The average molecular weight is 483 g/mol. The van der Waals surface area contributed by atoms with Crippen LogP contribution in [0.15, 0.2) is 103 Å². The number of ether oxygens (including phenoxy) is 2. The lowest BCUT2D eigenvalue weighted by atomic mass is 10.0. The van der Waals surface area contributed by atoms with Crippen molar-refractivity contribution in [1.82, 2.24) is 5.32 Å². The highest BCUT2D eigenvalue weighted by Gasteiger charge is 2.06. The summed E-state index contributed by atoms with van der Waals surface area (Å²) >= 11 is 0. The standard InChI is InChI=1S/C32H33NO3/c1-35-32(34)30-19-17-27(18-20-30)23-33-22-21-29-9-5-6-10-31(29)36-24-28-15-13-26(14-16-28)12-11-25-7-3-2-4-8-25/h2-10,13-20,33H,11-12,21-24H2,1H3/i22+1,23+1,33+1. The van der Waals surface area contributed by atoms with Crippen LogP contribution in [0.1, 0.15) is 38.2 Å². The highest BCUT2D eigenvalue weighted by molar-refractivity contribution is 5.89. The molecule has 0 unspecified atom stereocenters. The van der Waals surface area contributed by atoms with Crippen molar-refractivity contribution in [1.29, 1.82) is 0 Å². The Hall–Kier alpha value is -3.89. The van der Waals surface area contributed by atoms with Crippen molar-refractivity contribution >= 4 is 5.97 Å². The van der Waals surface area contributed by atoms with Gasteiger partial charge in [-0.2, -0.15) is 0 Å². The summed E-state index contributed by atoms with van der Waals surface area (Å²) < 4.78 is 10.9. The quantitative estimate of drug-likeness (QED) is 0.114. The smallest absolute Gasteiger partial charge is 0.337 e. The van der Waals surface area contributed by atoms with E-state index in [1.807, 2.05) is 24.3 Å². The molecule has 1 N–H and O–H groups in total. The second-order valence-corrected chi connectivity index (χ2v) is 8.81. The Morgan fingerprint density at radius 1 is 0.667 bits per heavy atom. The third kappa shape index (κ3) is 7.56. The molecule has 4 nitrogen and oxygen atoms in total. The maximum Gasteiger partial charge on any atom is 0.337 e. The Labute approximate surface area is 213 Å². The van der Waals surface area contributed by atoms with E-state index in [9.17, 15) is 4.79 Å². The van der Waals surface area contributed by atoms with E-state index in [0.29, 0.717) is 12.2 Å². The number of hydrogen-bond acceptors (Lipinski definition) is 4. The third-order valence-electron chi connectivity index (χ3n) is 6.21. The van der Waals surface area contributed by atoms with Crippen LogP contribution in [0.2, 0.25) is 0 Å². The van der Waals surface area contributed by atoms with E-state index in [-0.39, 0.29) is 5.97 Å². The summed E-state index contributed by atoms with van der Waals surface area (Å²) in [6.45, 7) is 2.12. The molecule has 0 amide bonds. The number of methoxy groups -OCH3 is 1. The molecule has 184 valence electrons. The number of benzene rings is 4. The summed E-state index contributed by atoms with van der Waals surface area (Å²) in [6.07, 6.45) is 2.96. The lowest BCUT2D eigenvalue weighted by Gasteiger charge is -2.13. The molecule has 0 saturated heterocycles. The molecule has 0 fully saturated rings. The van der Waals surface area contributed by atoms with Crippen LogP contribution >= 0.6 is 0 Å². The molecule has 4 aromatic rings. The Morgan fingerprint density at radius 3 is 2.00 bits per heavy atom. The minimum absolute atomic E-state index is 0.315. The molecule has 4 rings (SSSR count). The monoisotopic (exact) mass is 482 g/mol. The van der Waals surface area contributed by atoms with Gasteiger partial charge >= 0.3 is 5.97 Å². The summed E-state index contributed by atoms with van der Waals surface area (Å²) in [5, 5.41) is 3.47. The first-order chi connectivity index (χ1) is 17.7. The number of carbonyl (C=O) groups is 1. The number of carbonyl (C=O) groups excluding carboxylic acids is 1. The van der Waals surface area contributed by atoms with Gasteiger partial charge in [0, 0.05) is 6.54 Å². The first kappa shape index (κ1) is 25.2. The van der Waals surface area contributed by atoms with Gasteiger partial charge in [0.25, 0.3) is 0 Å². The van der Waals surface area contributed by atoms with Gasteiger partial charge in [0.2, 0.25) is 0 Å². The number of nitrogens with one attached hydrogen (secondary N) is 1. The van der Waals surface area contributed by atoms with Crippen molar-refractivity contribution in [2.45, 2.75) is 32.4 Å². The zero-order chi connectivity index (χ0) is 25.0. The van der Waals surface area contributed by atoms with Gasteiger partial charge in [-0.25, -0.2) is 4.79 Å². The van der Waals surface area contributed by atoms with Gasteiger partial charge in [-0.15, -0.1) is 0 Å². The molecule has 0 saturated carbocycles. The largest absolute Gasteiger partial charge is 0.489 e. The molecule has 4 heteroatoms. The maximum absolute atomic E-state index is 11.6. The molecule has 0 aromatic heterocycles. The van der Waals surface area contributed by atoms with Crippen LogP contribution in [0.3, 0.4) is 0 Å². The molecule has 0 heterocycles. The highest BCUT2D eigenvalue weighted by atomic mass is 16.5. The van der Waals surface area contributed by atoms with E-state index in [1.165, 1.54) is 29.4 Å². The topological polar surface area (TPSA) is 47.6 Å². The molecule has 0 atom stereocenters. The van der Waals surface area contributed by atoms with Gasteiger partial charge in [0.15, 0.2) is 0 Å². The number of esters is 1. The summed E-state index contributed by atoms with van der Waals surface area (Å²) in [6, 6.07) is 35.0. The van der Waals surface area contributed by atoms with Crippen LogP contribution in [0.5, 0.6) is 5.75 Å². The van der Waals surface area contributed by atoms with Crippen molar-refractivity contribution in [2.75, 3.05) is 13.7 Å². The van der Waals surface area contributed by atoms with Crippen molar-refractivity contribution in [3.63, 3.8) is 0 Å². The molecule has 4 aromatic carbocycles. The molecule has 0 spiro atoms. The van der Waals surface area contributed by atoms with Crippen LogP contribution < -0.4 is 10.1 Å². The molecule has 0 bridgehead atoms. The van der Waals surface area contributed by atoms with E-state index in [4.69, 9.17) is 9.47 Å². The summed E-state index contributed by atoms with van der Waals surface area (Å²) in [5.41, 5.74) is 6.75. The van der Waals surface area contributed by atoms with Crippen molar-refractivity contribution in [2.24, 2.45) is 0 Å². The molecule has 0 aliphatic rings. The van der Waals surface area contributed by atoms with E-state index in [2.05, 4.69) is 72.0 Å². The lowest BCUT2D eigenvalue weighted by Crippen LogP contribution is -2.17. The summed E-state index contributed by atoms with van der Waals surface area (Å²) in [4.78, 5) is 11.6. The molecule has 0 aliphatic carbocycles. The Kier molecular flexibility index (Phi) is 9.29. The fourth-order valence-electron chi connectivity index (χ4n) is 4.08. The van der Waals surface area contributed by atoms with E-state index in [1.54, 1.807) is 12.1 Å². The summed E-state index contributed by atoms with van der Waals surface area (Å²) in [7, 11) is 1.39. The molecular weight excluding hydrogens is 449 g/mol. The van der Waals surface area contributed by atoms with E-state index in [0.717, 1.165) is 43.7 Å². The molecule has 0 radical (unpaired) electrons. The fraction of sp³-hybridized carbons (Fsp3) is 0.219. The Bertz CT molecular complexity index is 1220. The molecule has 36 heavy (non-hydrogen) atoms. The predicted octanol–water partition coefficient (Wildman–Crippen LogP) is 6.17. The van der Waals surface area contributed by atoms with Crippen LogP contribution in [0.4, 0.5) is 0 Å². The molecular formula is C32H33NO3. The van der Waals surface area contributed by atoms with Gasteiger partial charge in [0.05, 0.1) is 12.7 Å². The number of hydrogen-bond donors (Lipinski definition) is 1. The predicted molar refractivity (Wildman–Crippen MR) is 144 cm³/mol. The summed E-state index contributed by atoms with van der Waals surface area (Å²) in [5.74, 6) is 0.611. The zero-order valence-electron chi connectivity index (χ0n) is 20.8. The van der Waals surface area contributed by atoms with Crippen LogP contribution in [0.25, 0.3) is 0 Å². The number of para-hydroxylation sites is 1. The first-order valence-corrected chi connectivity index (χ1v) is 12.4. The minimum atomic E-state index is -0.315. The second-order valence-electron chi connectivity index (χ2n) is 8.81. The van der Waals surface area contributed by atoms with Crippen molar-refractivity contribution in [3.05, 3.63) is 137 Å². The fourth-order valence-corrected chi connectivity index (χ4v) is 4.08. The lowest BCUT2D eigenvalue weighted by molar-refractivity contribution is 0.0600. The van der Waals surface area contributed by atoms with Gasteiger partial charge < -0.3 is 14.8 Å². The van der Waals surface area contributed by atoms with Gasteiger partial charge in [-0.3, -0.25) is 0 Å². The number of aryl methyl sites for hydroxylation is 2. The average Bonchev–Trinajstić information content (AvgIpc) is 2.94. The first-order valence-electron chi connectivity index (χ1n) is 12.4. The van der Waals surface area contributed by atoms with Gasteiger partial charge in [-0.1, -0.05) is 84.9 Å². The van der Waals surface area contributed by atoms with Crippen LogP contribution in [-0.4, -0.2) is 19.6 Å². The van der Waals surface area contributed by atoms with Crippen LogP contribution in [-0.2, 0) is 37.2 Å². The molecule has 0 aliphatic heterocycles. The SMILES string of the molecule is COC(=O)c1ccc([13CH2][15NH][13CH2]Cc2ccccc2OCc2ccc(CCc3ccccc3)cc2)cc1. The number of rotatable bonds is 12. The van der Waals surface area contributed by atoms with Crippen LogP contribution in [0, 0.1) is 0 Å². The van der Waals surface area contributed by atoms with Gasteiger partial charge in [-0.05, 0) is 71.8 Å². The Morgan fingerprint density at radius 2 is 1.28 bits per heavy atom. The highest BCUT2D eigenvalue weighted by Crippen LogP contribution is 2.20. The van der Waals surface area contributed by atoms with Crippen molar-refractivity contribution < 1.29 is 14.3 Å². The second kappa shape index (κ2) is 13.3. The third-order valence-corrected chi connectivity index (χ3v) is 6.21. The minimum Gasteiger partial charge on any atom is -0.489 e. The van der Waals surface area contributed by atoms with E-state index >= 15 is 0 Å². The van der Waals surface area contributed by atoms with Crippen molar-refractivity contribution in [3.8, 4) is 5.75 Å².